The Morgan fingerprint density at radius 3 is 2.71 bits per heavy atom. The van der Waals surface area contributed by atoms with Gasteiger partial charge < -0.3 is 9.84 Å². The van der Waals surface area contributed by atoms with E-state index in [9.17, 15) is 13.5 Å². The molecule has 0 unspecified atom stereocenters. The van der Waals surface area contributed by atoms with Gasteiger partial charge in [0.2, 0.25) is 10.0 Å². The SMILES string of the molecule is Cc1ccc(C#N)cc1S(=O)(=O)NCC1(O)CCOCC1. The lowest BCUT2D eigenvalue weighted by Gasteiger charge is -2.32. The van der Waals surface area contributed by atoms with Crippen molar-refractivity contribution < 1.29 is 18.3 Å². The van der Waals surface area contributed by atoms with Crippen LogP contribution in [0, 0.1) is 18.3 Å². The van der Waals surface area contributed by atoms with Crippen molar-refractivity contribution in [3.05, 3.63) is 29.3 Å². The summed E-state index contributed by atoms with van der Waals surface area (Å²) in [5.41, 5.74) is -0.238. The Morgan fingerprint density at radius 2 is 2.10 bits per heavy atom. The van der Waals surface area contributed by atoms with Gasteiger partial charge in [-0.15, -0.1) is 0 Å². The number of nitrogens with zero attached hydrogens (tertiary/aromatic N) is 1. The van der Waals surface area contributed by atoms with Gasteiger partial charge in [0.15, 0.2) is 0 Å². The molecule has 1 heterocycles. The number of aryl methyl sites for hydroxylation is 1. The molecule has 0 atom stereocenters. The second-order valence-electron chi connectivity index (χ2n) is 5.25. The lowest BCUT2D eigenvalue weighted by molar-refractivity contribution is -0.0588. The van der Waals surface area contributed by atoms with E-state index < -0.39 is 15.6 Å². The van der Waals surface area contributed by atoms with Crippen molar-refractivity contribution in [2.45, 2.75) is 30.3 Å². The van der Waals surface area contributed by atoms with E-state index in [1.54, 1.807) is 19.1 Å². The summed E-state index contributed by atoms with van der Waals surface area (Å²) >= 11 is 0. The van der Waals surface area contributed by atoms with Crippen molar-refractivity contribution in [1.29, 1.82) is 5.26 Å². The van der Waals surface area contributed by atoms with Crippen molar-refractivity contribution in [2.75, 3.05) is 19.8 Å². The highest BCUT2D eigenvalue weighted by Crippen LogP contribution is 2.21. The summed E-state index contributed by atoms with van der Waals surface area (Å²) in [6.45, 7) is 2.44. The molecule has 1 fully saturated rings. The number of rotatable bonds is 4. The van der Waals surface area contributed by atoms with Crippen LogP contribution in [0.25, 0.3) is 0 Å². The average molecular weight is 310 g/mol. The summed E-state index contributed by atoms with van der Waals surface area (Å²) < 4.78 is 32.3. The van der Waals surface area contributed by atoms with E-state index in [-0.39, 0.29) is 17.0 Å². The Hall–Kier alpha value is -1.46. The fourth-order valence-electron chi connectivity index (χ4n) is 2.19. The number of nitrogens with one attached hydrogen (secondary N) is 1. The molecule has 6 nitrogen and oxygen atoms in total. The Balaban J connectivity index is 2.17. The van der Waals surface area contributed by atoms with E-state index in [4.69, 9.17) is 10.00 Å². The molecule has 0 radical (unpaired) electrons. The zero-order valence-electron chi connectivity index (χ0n) is 11.8. The maximum absolute atomic E-state index is 12.3. The third-order valence-electron chi connectivity index (χ3n) is 3.62. The van der Waals surface area contributed by atoms with Crippen molar-refractivity contribution >= 4 is 10.0 Å². The molecule has 114 valence electrons. The van der Waals surface area contributed by atoms with Crippen molar-refractivity contribution in [3.8, 4) is 6.07 Å². The molecule has 2 N–H and O–H groups in total. The van der Waals surface area contributed by atoms with Gasteiger partial charge in [-0.3, -0.25) is 0 Å². The lowest BCUT2D eigenvalue weighted by Crippen LogP contribution is -2.46. The first kappa shape index (κ1) is 15.9. The second kappa shape index (κ2) is 6.12. The van der Waals surface area contributed by atoms with Crippen molar-refractivity contribution in [3.63, 3.8) is 0 Å². The van der Waals surface area contributed by atoms with Gasteiger partial charge in [-0.25, -0.2) is 13.1 Å². The van der Waals surface area contributed by atoms with Crippen molar-refractivity contribution in [1.82, 2.24) is 4.72 Å². The van der Waals surface area contributed by atoms with Gasteiger partial charge in [0.1, 0.15) is 0 Å². The molecule has 1 aromatic carbocycles. The standard InChI is InChI=1S/C14H18N2O4S/c1-11-2-3-12(9-15)8-13(11)21(18,19)16-10-14(17)4-6-20-7-5-14/h2-3,8,16-17H,4-7,10H2,1H3. The van der Waals surface area contributed by atoms with Gasteiger partial charge >= 0.3 is 0 Å². The molecular weight excluding hydrogens is 292 g/mol. The minimum absolute atomic E-state index is 0.0606. The molecule has 0 spiro atoms. The average Bonchev–Trinajstić information content (AvgIpc) is 2.47. The quantitative estimate of drug-likeness (QED) is 0.852. The minimum Gasteiger partial charge on any atom is -0.388 e. The predicted octanol–water partition coefficient (Wildman–Crippen LogP) is 0.687. The summed E-state index contributed by atoms with van der Waals surface area (Å²) in [5, 5.41) is 19.2. The monoisotopic (exact) mass is 310 g/mol. The summed E-state index contributed by atoms with van der Waals surface area (Å²) in [6.07, 6.45) is 0.791. The molecular formula is C14H18N2O4S. The maximum Gasteiger partial charge on any atom is 0.240 e. The number of benzene rings is 1. The Morgan fingerprint density at radius 1 is 1.43 bits per heavy atom. The van der Waals surface area contributed by atoms with Crippen LogP contribution in [-0.2, 0) is 14.8 Å². The summed E-state index contributed by atoms with van der Waals surface area (Å²) in [7, 11) is -3.76. The van der Waals surface area contributed by atoms with Crippen LogP contribution in [0.1, 0.15) is 24.0 Å². The van der Waals surface area contributed by atoms with Crippen LogP contribution in [0.2, 0.25) is 0 Å². The van der Waals surface area contributed by atoms with Gasteiger partial charge in [0.25, 0.3) is 0 Å². The smallest absolute Gasteiger partial charge is 0.240 e. The Bertz CT molecular complexity index is 658. The van der Waals surface area contributed by atoms with Crippen LogP contribution in [-0.4, -0.2) is 38.9 Å². The molecule has 0 bridgehead atoms. The Labute approximate surface area is 124 Å². The maximum atomic E-state index is 12.3. The van der Waals surface area contributed by atoms with E-state index in [1.165, 1.54) is 6.07 Å². The largest absolute Gasteiger partial charge is 0.388 e. The van der Waals surface area contributed by atoms with Gasteiger partial charge in [0.05, 0.1) is 22.1 Å². The zero-order chi connectivity index (χ0) is 15.5. The molecule has 0 amide bonds. The molecule has 0 aliphatic carbocycles. The van der Waals surface area contributed by atoms with Crippen LogP contribution in [0.3, 0.4) is 0 Å². The fourth-order valence-corrected chi connectivity index (χ4v) is 3.58. The van der Waals surface area contributed by atoms with Crippen LogP contribution >= 0.6 is 0 Å². The predicted molar refractivity (Wildman–Crippen MR) is 76.1 cm³/mol. The topological polar surface area (TPSA) is 99.4 Å². The molecule has 0 aromatic heterocycles. The fraction of sp³-hybridized carbons (Fsp3) is 0.500. The molecule has 0 saturated carbocycles. The molecule has 1 aromatic rings. The first-order valence-corrected chi connectivity index (χ1v) is 8.15. The molecule has 1 aliphatic rings. The van der Waals surface area contributed by atoms with Crippen LogP contribution in [0.5, 0.6) is 0 Å². The number of hydrogen-bond acceptors (Lipinski definition) is 5. The summed E-state index contributed by atoms with van der Waals surface area (Å²) in [6, 6.07) is 6.42. The number of nitriles is 1. The first-order chi connectivity index (χ1) is 9.86. The number of hydrogen-bond donors (Lipinski definition) is 2. The number of aliphatic hydroxyl groups is 1. The molecule has 7 heteroatoms. The van der Waals surface area contributed by atoms with E-state index >= 15 is 0 Å². The third-order valence-corrected chi connectivity index (χ3v) is 5.16. The number of ether oxygens (including phenoxy) is 1. The highest BCUT2D eigenvalue weighted by Gasteiger charge is 2.31. The van der Waals surface area contributed by atoms with E-state index in [2.05, 4.69) is 4.72 Å². The minimum atomic E-state index is -3.76. The summed E-state index contributed by atoms with van der Waals surface area (Å²) in [4.78, 5) is 0.0669. The van der Waals surface area contributed by atoms with Gasteiger partial charge in [0, 0.05) is 32.6 Å². The molecule has 21 heavy (non-hydrogen) atoms. The van der Waals surface area contributed by atoms with Crippen molar-refractivity contribution in [2.24, 2.45) is 0 Å². The van der Waals surface area contributed by atoms with E-state index in [0.29, 0.717) is 31.6 Å². The molecule has 2 rings (SSSR count). The summed E-state index contributed by atoms with van der Waals surface area (Å²) in [5.74, 6) is 0. The molecule has 1 saturated heterocycles. The molecule has 1 aliphatic heterocycles. The zero-order valence-corrected chi connectivity index (χ0v) is 12.6. The van der Waals surface area contributed by atoms with Crippen LogP contribution in [0.15, 0.2) is 23.1 Å². The normalized spacial score (nSPS) is 18.1. The highest BCUT2D eigenvalue weighted by molar-refractivity contribution is 7.89. The van der Waals surface area contributed by atoms with Gasteiger partial charge in [-0.2, -0.15) is 5.26 Å². The second-order valence-corrected chi connectivity index (χ2v) is 6.99. The highest BCUT2D eigenvalue weighted by atomic mass is 32.2. The number of sulfonamides is 1. The van der Waals surface area contributed by atoms with Gasteiger partial charge in [-0.05, 0) is 24.6 Å². The third kappa shape index (κ3) is 3.80. The van der Waals surface area contributed by atoms with Crippen LogP contribution < -0.4 is 4.72 Å². The van der Waals surface area contributed by atoms with E-state index in [1.807, 2.05) is 6.07 Å². The lowest BCUT2D eigenvalue weighted by atomic mass is 9.95. The van der Waals surface area contributed by atoms with Crippen LogP contribution in [0.4, 0.5) is 0 Å². The van der Waals surface area contributed by atoms with E-state index in [0.717, 1.165) is 0 Å². The van der Waals surface area contributed by atoms with Gasteiger partial charge in [-0.1, -0.05) is 6.07 Å². The Kier molecular flexibility index (Phi) is 4.64. The first-order valence-electron chi connectivity index (χ1n) is 6.67.